The Hall–Kier alpha value is -1.90. The van der Waals surface area contributed by atoms with E-state index in [9.17, 15) is 4.79 Å². The largest absolute Gasteiger partial charge is 0.481 e. The van der Waals surface area contributed by atoms with Crippen LogP contribution in [0.4, 0.5) is 0 Å². The Balaban J connectivity index is 0.000000240. The smallest absolute Gasteiger partial charge is 0.303 e. The maximum Gasteiger partial charge on any atom is 0.303 e. The number of aliphatic carboxylic acids is 1. The van der Waals surface area contributed by atoms with E-state index in [1.54, 1.807) is 24.3 Å². The number of ether oxygens (including phenoxy) is 1. The van der Waals surface area contributed by atoms with Crippen molar-refractivity contribution in [1.29, 1.82) is 5.26 Å². The molecule has 5 heteroatoms. The molecule has 20 heavy (non-hydrogen) atoms. The zero-order valence-corrected chi connectivity index (χ0v) is 11.6. The van der Waals surface area contributed by atoms with Gasteiger partial charge in [-0.3, -0.25) is 4.79 Å². The fraction of sp³-hybridized carbons (Fsp3) is 0.467. The number of nitriles is 1. The lowest BCUT2D eigenvalue weighted by atomic mass is 9.89. The molecule has 5 nitrogen and oxygen atoms in total. The van der Waals surface area contributed by atoms with Crippen molar-refractivity contribution < 1.29 is 14.6 Å². The number of hydrogen-bond donors (Lipinski definition) is 2. The van der Waals surface area contributed by atoms with Crippen LogP contribution in [-0.2, 0) is 16.0 Å². The van der Waals surface area contributed by atoms with Gasteiger partial charge in [-0.2, -0.15) is 5.26 Å². The minimum Gasteiger partial charge on any atom is -0.481 e. The summed E-state index contributed by atoms with van der Waals surface area (Å²) in [6, 6.07) is 8.94. The summed E-state index contributed by atoms with van der Waals surface area (Å²) in [7, 11) is 0. The second-order valence-corrected chi connectivity index (χ2v) is 5.21. The van der Waals surface area contributed by atoms with Crippen molar-refractivity contribution in [2.75, 3.05) is 19.8 Å². The SMILES string of the molecule is CC1(CN)COC1.N#Cc1ccc(CCC(=O)O)cc1. The second-order valence-electron chi connectivity index (χ2n) is 5.21. The Kier molecular flexibility index (Phi) is 6.16. The van der Waals surface area contributed by atoms with Crippen LogP contribution < -0.4 is 5.73 Å². The minimum absolute atomic E-state index is 0.131. The molecule has 2 rings (SSSR count). The third-order valence-corrected chi connectivity index (χ3v) is 3.10. The van der Waals surface area contributed by atoms with E-state index in [4.69, 9.17) is 20.8 Å². The molecular weight excluding hydrogens is 256 g/mol. The van der Waals surface area contributed by atoms with Gasteiger partial charge in [-0.15, -0.1) is 0 Å². The molecule has 1 heterocycles. The van der Waals surface area contributed by atoms with Gasteiger partial charge in [0.2, 0.25) is 0 Å². The van der Waals surface area contributed by atoms with Crippen LogP contribution in [-0.4, -0.2) is 30.8 Å². The van der Waals surface area contributed by atoms with Gasteiger partial charge in [-0.25, -0.2) is 0 Å². The molecule has 0 radical (unpaired) electrons. The molecule has 0 atom stereocenters. The van der Waals surface area contributed by atoms with E-state index in [0.29, 0.717) is 17.4 Å². The summed E-state index contributed by atoms with van der Waals surface area (Å²) >= 11 is 0. The fourth-order valence-electron chi connectivity index (χ4n) is 1.57. The Bertz CT molecular complexity index is 467. The summed E-state index contributed by atoms with van der Waals surface area (Å²) < 4.78 is 4.95. The minimum atomic E-state index is -0.802. The molecule has 108 valence electrons. The normalized spacial score (nSPS) is 15.2. The Morgan fingerprint density at radius 2 is 2.05 bits per heavy atom. The van der Waals surface area contributed by atoms with Gasteiger partial charge in [0.1, 0.15) is 0 Å². The first-order valence-corrected chi connectivity index (χ1v) is 6.48. The summed E-state index contributed by atoms with van der Waals surface area (Å²) in [5.41, 5.74) is 7.25. The van der Waals surface area contributed by atoms with Crippen molar-refractivity contribution in [2.45, 2.75) is 19.8 Å². The van der Waals surface area contributed by atoms with Gasteiger partial charge in [0, 0.05) is 18.4 Å². The van der Waals surface area contributed by atoms with Gasteiger partial charge in [-0.05, 0) is 24.1 Å². The molecule has 0 bridgehead atoms. The molecule has 0 saturated carbocycles. The monoisotopic (exact) mass is 276 g/mol. The zero-order valence-electron chi connectivity index (χ0n) is 11.6. The fourth-order valence-corrected chi connectivity index (χ4v) is 1.57. The van der Waals surface area contributed by atoms with Crippen LogP contribution in [0.1, 0.15) is 24.5 Å². The highest BCUT2D eigenvalue weighted by molar-refractivity contribution is 5.67. The summed E-state index contributed by atoms with van der Waals surface area (Å²) in [5, 5.41) is 16.9. The molecule has 1 aromatic carbocycles. The van der Waals surface area contributed by atoms with Crippen LogP contribution in [0, 0.1) is 16.7 Å². The van der Waals surface area contributed by atoms with Gasteiger partial charge in [0.25, 0.3) is 0 Å². The van der Waals surface area contributed by atoms with Crippen molar-refractivity contribution in [3.8, 4) is 6.07 Å². The number of carbonyl (C=O) groups is 1. The lowest BCUT2D eigenvalue weighted by Gasteiger charge is -2.36. The lowest BCUT2D eigenvalue weighted by molar-refractivity contribution is -0.136. The van der Waals surface area contributed by atoms with Gasteiger partial charge in [0.05, 0.1) is 24.8 Å². The first-order chi connectivity index (χ1) is 9.49. The summed E-state index contributed by atoms with van der Waals surface area (Å²) in [4.78, 5) is 10.2. The maximum absolute atomic E-state index is 10.2. The molecule has 0 unspecified atom stereocenters. The van der Waals surface area contributed by atoms with Crippen LogP contribution in [0.5, 0.6) is 0 Å². The molecule has 0 spiro atoms. The van der Waals surface area contributed by atoms with Crippen LogP contribution in [0.3, 0.4) is 0 Å². The van der Waals surface area contributed by atoms with E-state index in [0.717, 1.165) is 25.3 Å². The highest BCUT2D eigenvalue weighted by atomic mass is 16.5. The van der Waals surface area contributed by atoms with Gasteiger partial charge in [-0.1, -0.05) is 19.1 Å². The first-order valence-electron chi connectivity index (χ1n) is 6.48. The molecule has 3 N–H and O–H groups in total. The van der Waals surface area contributed by atoms with Gasteiger partial charge in [0.15, 0.2) is 0 Å². The summed E-state index contributed by atoms with van der Waals surface area (Å²) in [5.74, 6) is -0.802. The third kappa shape index (κ3) is 5.39. The number of rotatable bonds is 4. The first kappa shape index (κ1) is 16.2. The molecule has 0 aromatic heterocycles. The Labute approximate surface area is 119 Å². The number of hydrogen-bond acceptors (Lipinski definition) is 4. The molecule has 1 aromatic rings. The molecular formula is C15H20N2O3. The molecule has 1 fully saturated rings. The molecule has 0 aliphatic carbocycles. The standard InChI is InChI=1S/C10H9NO2.C5H11NO/c11-7-9-3-1-8(2-4-9)5-6-10(12)13;1-5(2-6)3-7-4-5/h1-4H,5-6H2,(H,12,13);2-4,6H2,1H3. The van der Waals surface area contributed by atoms with E-state index in [-0.39, 0.29) is 6.42 Å². The van der Waals surface area contributed by atoms with Crippen molar-refractivity contribution in [3.05, 3.63) is 35.4 Å². The molecule has 0 amide bonds. The summed E-state index contributed by atoms with van der Waals surface area (Å²) in [6.45, 7) is 4.59. The molecule has 1 aliphatic heterocycles. The highest BCUT2D eigenvalue weighted by Crippen LogP contribution is 2.23. The van der Waals surface area contributed by atoms with Crippen molar-refractivity contribution >= 4 is 5.97 Å². The molecule has 1 aliphatic rings. The van der Waals surface area contributed by atoms with Crippen LogP contribution in [0.25, 0.3) is 0 Å². The Morgan fingerprint density at radius 1 is 1.45 bits per heavy atom. The van der Waals surface area contributed by atoms with Crippen LogP contribution in [0.15, 0.2) is 24.3 Å². The van der Waals surface area contributed by atoms with Crippen LogP contribution >= 0.6 is 0 Å². The van der Waals surface area contributed by atoms with E-state index in [1.165, 1.54) is 0 Å². The highest BCUT2D eigenvalue weighted by Gasteiger charge is 2.31. The van der Waals surface area contributed by atoms with E-state index >= 15 is 0 Å². The maximum atomic E-state index is 10.2. The number of nitrogens with two attached hydrogens (primary N) is 1. The number of aryl methyl sites for hydroxylation is 1. The number of nitrogens with zero attached hydrogens (tertiary/aromatic N) is 1. The van der Waals surface area contributed by atoms with Crippen LogP contribution in [0.2, 0.25) is 0 Å². The average molecular weight is 276 g/mol. The number of carboxylic acid groups (broad SMARTS) is 1. The Morgan fingerprint density at radius 3 is 2.35 bits per heavy atom. The predicted octanol–water partition coefficient (Wildman–Crippen LogP) is 1.56. The van der Waals surface area contributed by atoms with E-state index in [1.807, 2.05) is 6.07 Å². The predicted molar refractivity (Wildman–Crippen MR) is 75.1 cm³/mol. The third-order valence-electron chi connectivity index (χ3n) is 3.10. The average Bonchev–Trinajstić information content (AvgIpc) is 2.43. The van der Waals surface area contributed by atoms with Gasteiger partial charge >= 0.3 is 5.97 Å². The van der Waals surface area contributed by atoms with E-state index in [2.05, 4.69) is 6.92 Å². The lowest BCUT2D eigenvalue weighted by Crippen LogP contribution is -2.45. The van der Waals surface area contributed by atoms with Crippen molar-refractivity contribution in [3.63, 3.8) is 0 Å². The number of benzene rings is 1. The summed E-state index contributed by atoms with van der Waals surface area (Å²) in [6.07, 6.45) is 0.646. The van der Waals surface area contributed by atoms with Gasteiger partial charge < -0.3 is 15.6 Å². The van der Waals surface area contributed by atoms with Crippen molar-refractivity contribution in [2.24, 2.45) is 11.1 Å². The molecule has 1 saturated heterocycles. The quantitative estimate of drug-likeness (QED) is 0.869. The zero-order chi connectivity index (χ0) is 15.0. The topological polar surface area (TPSA) is 96.3 Å². The number of carboxylic acids is 1. The second kappa shape index (κ2) is 7.63. The van der Waals surface area contributed by atoms with Crippen molar-refractivity contribution in [1.82, 2.24) is 0 Å². The van der Waals surface area contributed by atoms with E-state index < -0.39 is 5.97 Å².